The molecule has 4 heteroatoms. The van der Waals surface area contributed by atoms with E-state index in [1.165, 1.54) is 18.3 Å². The predicted molar refractivity (Wildman–Crippen MR) is 144 cm³/mol. The first kappa shape index (κ1) is 27.4. The topological polar surface area (TPSA) is 63.6 Å². The summed E-state index contributed by atoms with van der Waals surface area (Å²) in [4.78, 5) is 26.0. The summed E-state index contributed by atoms with van der Waals surface area (Å²) in [5, 5.41) is 11.6. The quantitative estimate of drug-likeness (QED) is 0.323. The second-order valence-corrected chi connectivity index (χ2v) is 13.8. The van der Waals surface area contributed by atoms with Gasteiger partial charge in [0.1, 0.15) is 5.78 Å². The molecule has 2 fully saturated rings. The van der Waals surface area contributed by atoms with Crippen molar-refractivity contribution in [3.8, 4) is 0 Å². The van der Waals surface area contributed by atoms with Crippen molar-refractivity contribution < 1.29 is 19.4 Å². The zero-order valence-corrected chi connectivity index (χ0v) is 23.9. The van der Waals surface area contributed by atoms with Crippen LogP contribution in [0.4, 0.5) is 0 Å². The molecule has 4 nitrogen and oxygen atoms in total. The summed E-state index contributed by atoms with van der Waals surface area (Å²) >= 11 is 0. The van der Waals surface area contributed by atoms with Gasteiger partial charge >= 0.3 is 5.97 Å². The Labute approximate surface area is 218 Å². The fourth-order valence-corrected chi connectivity index (χ4v) is 8.86. The van der Waals surface area contributed by atoms with Gasteiger partial charge in [0.25, 0.3) is 0 Å². The second kappa shape index (κ2) is 8.96. The van der Waals surface area contributed by atoms with Crippen LogP contribution in [0.2, 0.25) is 0 Å². The lowest BCUT2D eigenvalue weighted by molar-refractivity contribution is -0.152. The van der Waals surface area contributed by atoms with Gasteiger partial charge in [-0.2, -0.15) is 0 Å². The molecule has 4 aliphatic rings. The van der Waals surface area contributed by atoms with Crippen LogP contribution in [0.15, 0.2) is 35.5 Å². The largest absolute Gasteiger partial charge is 0.469 e. The Balaban J connectivity index is 1.74. The Morgan fingerprint density at radius 2 is 1.83 bits per heavy atom. The predicted octanol–water partition coefficient (Wildman–Crippen LogP) is 6.83. The summed E-state index contributed by atoms with van der Waals surface area (Å²) in [6.07, 6.45) is 9.55. The van der Waals surface area contributed by atoms with Crippen LogP contribution in [0.1, 0.15) is 93.4 Å². The first-order valence-electron chi connectivity index (χ1n) is 14.0. The van der Waals surface area contributed by atoms with Gasteiger partial charge in [-0.3, -0.25) is 9.59 Å². The monoisotopic (exact) mass is 496 g/mol. The van der Waals surface area contributed by atoms with Crippen molar-refractivity contribution in [1.29, 1.82) is 0 Å². The van der Waals surface area contributed by atoms with Crippen LogP contribution in [-0.2, 0) is 14.3 Å². The minimum atomic E-state index is -0.569. The van der Waals surface area contributed by atoms with Crippen LogP contribution in [-0.4, -0.2) is 30.1 Å². The summed E-state index contributed by atoms with van der Waals surface area (Å²) in [6.45, 7) is 19.7. The molecule has 200 valence electrons. The van der Waals surface area contributed by atoms with Gasteiger partial charge < -0.3 is 9.84 Å². The van der Waals surface area contributed by atoms with Gasteiger partial charge in [0.15, 0.2) is 0 Å². The summed E-state index contributed by atoms with van der Waals surface area (Å²) in [5.41, 5.74) is 3.03. The summed E-state index contributed by atoms with van der Waals surface area (Å²) in [6, 6.07) is 0. The maximum atomic E-state index is 13.1. The molecule has 0 spiro atoms. The number of hydrogen-bond acceptors (Lipinski definition) is 4. The first-order valence-corrected chi connectivity index (χ1v) is 14.0. The van der Waals surface area contributed by atoms with Crippen LogP contribution in [0, 0.1) is 45.3 Å². The standard InChI is InChI=1S/C32H48O4/c1-19(2)20(3)10-11-21(28(35)36-9)27-24(33)18-32(8)23-12-13-25-29(4,5)26(34)15-16-30(25,6)22(23)14-17-31(27,32)7/h12,14,19,21,24-25,27,33H,3,10-11,13,15-18H2,1-2,4-9H3/t21-,24-,25+,27+,30-,31-,32+/m1/s1. The van der Waals surface area contributed by atoms with Gasteiger partial charge in [-0.25, -0.2) is 0 Å². The highest BCUT2D eigenvalue weighted by Gasteiger charge is 2.66. The van der Waals surface area contributed by atoms with Crippen molar-refractivity contribution in [3.63, 3.8) is 0 Å². The van der Waals surface area contributed by atoms with E-state index in [0.29, 0.717) is 36.9 Å². The Kier molecular flexibility index (Phi) is 6.81. The van der Waals surface area contributed by atoms with E-state index < -0.39 is 6.10 Å². The molecule has 0 aromatic rings. The Bertz CT molecular complexity index is 1020. The van der Waals surface area contributed by atoms with E-state index in [9.17, 15) is 14.7 Å². The number of allylic oxidation sites excluding steroid dienone is 5. The number of fused-ring (bicyclic) bond motifs is 5. The van der Waals surface area contributed by atoms with Crippen molar-refractivity contribution in [2.24, 2.45) is 45.3 Å². The number of rotatable bonds is 6. The maximum absolute atomic E-state index is 13.1. The average molecular weight is 497 g/mol. The average Bonchev–Trinajstić information content (AvgIpc) is 3.02. The Morgan fingerprint density at radius 3 is 2.44 bits per heavy atom. The lowest BCUT2D eigenvalue weighted by Gasteiger charge is -2.59. The van der Waals surface area contributed by atoms with E-state index in [4.69, 9.17) is 4.74 Å². The number of Topliss-reactive ketones (excluding diaryl/α,β-unsaturated/α-hetero) is 1. The van der Waals surface area contributed by atoms with Crippen molar-refractivity contribution in [1.82, 2.24) is 0 Å². The molecule has 0 saturated heterocycles. The Morgan fingerprint density at radius 1 is 1.17 bits per heavy atom. The molecule has 0 bridgehead atoms. The molecule has 0 amide bonds. The van der Waals surface area contributed by atoms with Crippen LogP contribution >= 0.6 is 0 Å². The fourth-order valence-electron chi connectivity index (χ4n) is 8.86. The van der Waals surface area contributed by atoms with Gasteiger partial charge in [-0.1, -0.05) is 72.8 Å². The molecule has 0 aromatic heterocycles. The van der Waals surface area contributed by atoms with Gasteiger partial charge in [0.05, 0.1) is 19.1 Å². The van der Waals surface area contributed by atoms with Crippen LogP contribution in [0.5, 0.6) is 0 Å². The van der Waals surface area contributed by atoms with Crippen LogP contribution in [0.3, 0.4) is 0 Å². The molecule has 0 radical (unpaired) electrons. The minimum absolute atomic E-state index is 0.0361. The molecule has 0 unspecified atom stereocenters. The first-order chi connectivity index (χ1) is 16.6. The molecular weight excluding hydrogens is 448 g/mol. The molecule has 1 N–H and O–H groups in total. The minimum Gasteiger partial charge on any atom is -0.469 e. The number of hydrogen-bond donors (Lipinski definition) is 1. The number of aliphatic hydroxyl groups is 1. The van der Waals surface area contributed by atoms with Crippen molar-refractivity contribution in [2.45, 2.75) is 99.5 Å². The van der Waals surface area contributed by atoms with Crippen LogP contribution in [0.25, 0.3) is 0 Å². The summed E-state index contributed by atoms with van der Waals surface area (Å²) in [7, 11) is 1.46. The molecule has 0 aromatic carbocycles. The van der Waals surface area contributed by atoms with Gasteiger partial charge in [0, 0.05) is 23.2 Å². The molecule has 4 aliphatic carbocycles. The Hall–Kier alpha value is -1.68. The highest BCUT2D eigenvalue weighted by atomic mass is 16.5. The molecule has 4 rings (SSSR count). The molecule has 0 aliphatic heterocycles. The molecule has 2 saturated carbocycles. The number of carbonyl (C=O) groups excluding carboxylic acids is 2. The van der Waals surface area contributed by atoms with Crippen molar-refractivity contribution in [3.05, 3.63) is 35.5 Å². The van der Waals surface area contributed by atoms with Gasteiger partial charge in [-0.15, -0.1) is 0 Å². The number of esters is 1. The van der Waals surface area contributed by atoms with E-state index in [1.807, 2.05) is 0 Å². The van der Waals surface area contributed by atoms with E-state index in [0.717, 1.165) is 31.3 Å². The fraction of sp³-hybridized carbons (Fsp3) is 0.750. The smallest absolute Gasteiger partial charge is 0.309 e. The van der Waals surface area contributed by atoms with Gasteiger partial charge in [-0.05, 0) is 72.3 Å². The van der Waals surface area contributed by atoms with E-state index >= 15 is 0 Å². The third kappa shape index (κ3) is 3.72. The number of aliphatic hydroxyl groups excluding tert-OH is 1. The third-order valence-corrected chi connectivity index (χ3v) is 11.6. The lowest BCUT2D eigenvalue weighted by atomic mass is 9.44. The third-order valence-electron chi connectivity index (χ3n) is 11.6. The molecule has 0 heterocycles. The highest BCUT2D eigenvalue weighted by molar-refractivity contribution is 5.86. The van der Waals surface area contributed by atoms with Crippen molar-refractivity contribution in [2.75, 3.05) is 7.11 Å². The number of ether oxygens (including phenoxy) is 1. The molecule has 7 atom stereocenters. The zero-order valence-electron chi connectivity index (χ0n) is 23.9. The lowest BCUT2D eigenvalue weighted by Crippen LogP contribution is -2.53. The number of carbonyl (C=O) groups is 2. The van der Waals surface area contributed by atoms with Crippen LogP contribution < -0.4 is 0 Å². The summed E-state index contributed by atoms with van der Waals surface area (Å²) < 4.78 is 5.31. The zero-order chi connectivity index (χ0) is 26.8. The number of methoxy groups -OCH3 is 1. The van der Waals surface area contributed by atoms with Gasteiger partial charge in [0.2, 0.25) is 0 Å². The molecular formula is C32H48O4. The SMILES string of the molecule is C=C(CC[C@@H](C(=O)OC)[C@H]1[C@H](O)C[C@@]2(C)C3=CC[C@H]4C(C)(C)C(=O)CC[C@]4(C)C3=CC[C@]12C)C(C)C. The normalized spacial score (nSPS) is 39.9. The van der Waals surface area contributed by atoms with E-state index in [1.54, 1.807) is 0 Å². The summed E-state index contributed by atoms with van der Waals surface area (Å²) in [5.74, 6) is 0.291. The molecule has 36 heavy (non-hydrogen) atoms. The number of ketones is 1. The van der Waals surface area contributed by atoms with E-state index in [-0.39, 0.29) is 39.5 Å². The van der Waals surface area contributed by atoms with E-state index in [2.05, 4.69) is 67.2 Å². The maximum Gasteiger partial charge on any atom is 0.309 e. The van der Waals surface area contributed by atoms with Crippen molar-refractivity contribution >= 4 is 11.8 Å². The highest BCUT2D eigenvalue weighted by Crippen LogP contribution is 2.71. The second-order valence-electron chi connectivity index (χ2n) is 13.8.